The second-order valence-electron chi connectivity index (χ2n) is 8.47. The summed E-state index contributed by atoms with van der Waals surface area (Å²) in [5.41, 5.74) is 4.53. The van der Waals surface area contributed by atoms with Crippen LogP contribution < -0.4 is 15.7 Å². The molecule has 0 radical (unpaired) electrons. The van der Waals surface area contributed by atoms with Gasteiger partial charge in [0, 0.05) is 31.8 Å². The van der Waals surface area contributed by atoms with Gasteiger partial charge >= 0.3 is 5.69 Å². The van der Waals surface area contributed by atoms with Crippen molar-refractivity contribution in [3.05, 3.63) is 39.9 Å². The number of imidazole rings is 1. The summed E-state index contributed by atoms with van der Waals surface area (Å²) in [5.74, 6) is 1.77. The Bertz CT molecular complexity index is 1160. The van der Waals surface area contributed by atoms with Crippen LogP contribution in [0.25, 0.3) is 11.2 Å². The minimum Gasteiger partial charge on any atom is -0.493 e. The molecule has 8 nitrogen and oxygen atoms in total. The lowest BCUT2D eigenvalue weighted by Gasteiger charge is -2.27. The highest BCUT2D eigenvalue weighted by Gasteiger charge is 2.26. The van der Waals surface area contributed by atoms with Crippen LogP contribution >= 0.6 is 0 Å². The first kappa shape index (κ1) is 19.1. The standard InChI is InChI=1S/C22H27N5O3/c1-13-9-19-15(7-8-30-19)10-17(13)24-21-23-11-18-20(25-21)27(22(29)26(18)2)16-5-3-14(12-28)4-6-16/h9-11,14,16,28H,3-8,12H2,1-2H3,(H,23,24,25). The number of nitrogens with one attached hydrogen (secondary N) is 1. The average molecular weight is 409 g/mol. The van der Waals surface area contributed by atoms with Gasteiger partial charge in [0.2, 0.25) is 5.95 Å². The lowest BCUT2D eigenvalue weighted by atomic mass is 9.86. The molecule has 0 spiro atoms. The maximum absolute atomic E-state index is 13.0. The fourth-order valence-corrected chi connectivity index (χ4v) is 4.69. The molecular weight excluding hydrogens is 382 g/mol. The number of ether oxygens (including phenoxy) is 1. The molecule has 1 aliphatic carbocycles. The number of aliphatic hydroxyl groups is 1. The summed E-state index contributed by atoms with van der Waals surface area (Å²) in [6.45, 7) is 2.97. The molecule has 158 valence electrons. The van der Waals surface area contributed by atoms with E-state index in [0.717, 1.165) is 61.2 Å². The first-order chi connectivity index (χ1) is 14.5. The summed E-state index contributed by atoms with van der Waals surface area (Å²) in [5, 5.41) is 12.8. The molecule has 0 amide bonds. The Labute approximate surface area is 174 Å². The number of aryl methyl sites for hydroxylation is 2. The van der Waals surface area contributed by atoms with Crippen LogP contribution in [0.15, 0.2) is 23.1 Å². The Balaban J connectivity index is 1.51. The smallest absolute Gasteiger partial charge is 0.330 e. The highest BCUT2D eigenvalue weighted by Crippen LogP contribution is 2.34. The molecule has 0 atom stereocenters. The van der Waals surface area contributed by atoms with Gasteiger partial charge in [0.05, 0.1) is 12.8 Å². The third kappa shape index (κ3) is 3.15. The van der Waals surface area contributed by atoms with E-state index in [9.17, 15) is 9.90 Å². The monoisotopic (exact) mass is 409 g/mol. The zero-order chi connectivity index (χ0) is 20.8. The Kier molecular flexibility index (Phi) is 4.73. The molecule has 2 N–H and O–H groups in total. The van der Waals surface area contributed by atoms with Crippen molar-refractivity contribution in [2.24, 2.45) is 13.0 Å². The molecule has 30 heavy (non-hydrogen) atoms. The third-order valence-electron chi connectivity index (χ3n) is 6.56. The Morgan fingerprint density at radius 2 is 2.07 bits per heavy atom. The first-order valence-corrected chi connectivity index (χ1v) is 10.6. The van der Waals surface area contributed by atoms with E-state index in [1.54, 1.807) is 17.8 Å². The van der Waals surface area contributed by atoms with E-state index < -0.39 is 0 Å². The number of fused-ring (bicyclic) bond motifs is 2. The molecular formula is C22H27N5O3. The van der Waals surface area contributed by atoms with Gasteiger partial charge in [0.1, 0.15) is 11.3 Å². The molecule has 1 aromatic carbocycles. The van der Waals surface area contributed by atoms with E-state index in [-0.39, 0.29) is 18.3 Å². The molecule has 2 aromatic heterocycles. The van der Waals surface area contributed by atoms with Crippen molar-refractivity contribution >= 4 is 22.8 Å². The van der Waals surface area contributed by atoms with Crippen LogP contribution in [0, 0.1) is 12.8 Å². The van der Waals surface area contributed by atoms with E-state index in [1.165, 1.54) is 5.56 Å². The fourth-order valence-electron chi connectivity index (χ4n) is 4.69. The number of benzene rings is 1. The van der Waals surface area contributed by atoms with Gasteiger partial charge in [-0.2, -0.15) is 4.98 Å². The summed E-state index contributed by atoms with van der Waals surface area (Å²) >= 11 is 0. The van der Waals surface area contributed by atoms with Crippen LogP contribution in [0.1, 0.15) is 42.9 Å². The van der Waals surface area contributed by atoms with Crippen molar-refractivity contribution in [2.45, 2.75) is 45.1 Å². The lowest BCUT2D eigenvalue weighted by Crippen LogP contribution is -2.29. The molecule has 0 saturated heterocycles. The van der Waals surface area contributed by atoms with Crippen molar-refractivity contribution in [3.8, 4) is 5.75 Å². The minimum atomic E-state index is -0.0604. The van der Waals surface area contributed by atoms with E-state index in [0.29, 0.717) is 17.5 Å². The number of anilines is 2. The molecule has 8 heteroatoms. The largest absolute Gasteiger partial charge is 0.493 e. The molecule has 1 aliphatic heterocycles. The SMILES string of the molecule is Cc1cc2c(cc1Nc1ncc3c(n1)n(C1CCC(CO)CC1)c(=O)n3C)CCO2. The topological polar surface area (TPSA) is 94.2 Å². The van der Waals surface area contributed by atoms with Gasteiger partial charge in [-0.25, -0.2) is 9.78 Å². The van der Waals surface area contributed by atoms with E-state index in [1.807, 2.05) is 17.6 Å². The van der Waals surface area contributed by atoms with Gasteiger partial charge in [-0.05, 0) is 61.8 Å². The van der Waals surface area contributed by atoms with Crippen molar-refractivity contribution in [3.63, 3.8) is 0 Å². The average Bonchev–Trinajstić information content (AvgIpc) is 3.30. The quantitative estimate of drug-likeness (QED) is 0.688. The van der Waals surface area contributed by atoms with Crippen molar-refractivity contribution < 1.29 is 9.84 Å². The molecule has 2 aliphatic rings. The number of aromatic nitrogens is 4. The summed E-state index contributed by atoms with van der Waals surface area (Å²) in [6.07, 6.45) is 6.22. The van der Waals surface area contributed by atoms with Crippen LogP contribution in [0.2, 0.25) is 0 Å². The molecule has 0 bridgehead atoms. The van der Waals surface area contributed by atoms with Crippen LogP contribution in [0.3, 0.4) is 0 Å². The predicted molar refractivity (Wildman–Crippen MR) is 115 cm³/mol. The normalized spacial score (nSPS) is 20.9. The van der Waals surface area contributed by atoms with Crippen molar-refractivity contribution in [2.75, 3.05) is 18.5 Å². The van der Waals surface area contributed by atoms with Gasteiger partial charge in [-0.15, -0.1) is 0 Å². The van der Waals surface area contributed by atoms with Crippen molar-refractivity contribution in [1.82, 2.24) is 19.1 Å². The van der Waals surface area contributed by atoms with Crippen LogP contribution in [-0.4, -0.2) is 37.4 Å². The summed E-state index contributed by atoms with van der Waals surface area (Å²) < 4.78 is 9.08. The summed E-state index contributed by atoms with van der Waals surface area (Å²) in [7, 11) is 1.77. The van der Waals surface area contributed by atoms with Gasteiger partial charge in [0.25, 0.3) is 0 Å². The van der Waals surface area contributed by atoms with Crippen LogP contribution in [0.4, 0.5) is 11.6 Å². The van der Waals surface area contributed by atoms with E-state index in [4.69, 9.17) is 9.72 Å². The van der Waals surface area contributed by atoms with Crippen molar-refractivity contribution in [1.29, 1.82) is 0 Å². The second kappa shape index (κ2) is 7.43. The lowest BCUT2D eigenvalue weighted by molar-refractivity contribution is 0.168. The molecule has 1 saturated carbocycles. The molecule has 3 aromatic rings. The maximum Gasteiger partial charge on any atom is 0.330 e. The number of rotatable bonds is 4. The Hall–Kier alpha value is -2.87. The number of hydrogen-bond donors (Lipinski definition) is 2. The summed E-state index contributed by atoms with van der Waals surface area (Å²) in [6, 6.07) is 4.24. The summed E-state index contributed by atoms with van der Waals surface area (Å²) in [4.78, 5) is 22.2. The predicted octanol–water partition coefficient (Wildman–Crippen LogP) is 2.84. The molecule has 3 heterocycles. The molecule has 1 fully saturated rings. The molecule has 0 unspecified atom stereocenters. The second-order valence-corrected chi connectivity index (χ2v) is 8.47. The van der Waals surface area contributed by atoms with E-state index >= 15 is 0 Å². The minimum absolute atomic E-state index is 0.0604. The zero-order valence-electron chi connectivity index (χ0n) is 17.4. The van der Waals surface area contributed by atoms with Gasteiger partial charge in [0.15, 0.2) is 5.65 Å². The molecule has 5 rings (SSSR count). The van der Waals surface area contributed by atoms with Gasteiger partial charge in [-0.3, -0.25) is 9.13 Å². The zero-order valence-corrected chi connectivity index (χ0v) is 17.4. The highest BCUT2D eigenvalue weighted by molar-refractivity contribution is 5.73. The maximum atomic E-state index is 13.0. The van der Waals surface area contributed by atoms with E-state index in [2.05, 4.69) is 16.4 Å². The fraction of sp³-hybridized carbons (Fsp3) is 0.500. The Morgan fingerprint density at radius 1 is 1.27 bits per heavy atom. The number of aliphatic hydroxyl groups excluding tert-OH is 1. The number of hydrogen-bond acceptors (Lipinski definition) is 6. The Morgan fingerprint density at radius 3 is 2.83 bits per heavy atom. The first-order valence-electron chi connectivity index (χ1n) is 10.6. The third-order valence-corrected chi connectivity index (χ3v) is 6.56. The van der Waals surface area contributed by atoms with Crippen LogP contribution in [0.5, 0.6) is 5.75 Å². The van der Waals surface area contributed by atoms with Gasteiger partial charge in [-0.1, -0.05) is 0 Å². The van der Waals surface area contributed by atoms with Crippen LogP contribution in [-0.2, 0) is 13.5 Å². The van der Waals surface area contributed by atoms with Gasteiger partial charge < -0.3 is 15.2 Å². The highest BCUT2D eigenvalue weighted by atomic mass is 16.5. The number of nitrogens with zero attached hydrogens (tertiary/aromatic N) is 4.